The van der Waals surface area contributed by atoms with Crippen LogP contribution in [0.5, 0.6) is 0 Å². The Bertz CT molecular complexity index is 562. The summed E-state index contributed by atoms with van der Waals surface area (Å²) in [6.45, 7) is 0. The molecule has 0 saturated heterocycles. The first-order valence-corrected chi connectivity index (χ1v) is 6.11. The molecule has 0 atom stereocenters. The van der Waals surface area contributed by atoms with Crippen LogP contribution >= 0.6 is 39.1 Å². The van der Waals surface area contributed by atoms with Gasteiger partial charge in [0.05, 0.1) is 5.02 Å². The van der Waals surface area contributed by atoms with E-state index in [1.165, 1.54) is 6.33 Å². The number of nitrogens with zero attached hydrogens (tertiary/aromatic N) is 2. The van der Waals surface area contributed by atoms with E-state index in [-0.39, 0.29) is 5.15 Å². The van der Waals surface area contributed by atoms with E-state index in [4.69, 9.17) is 28.9 Å². The van der Waals surface area contributed by atoms with Crippen LogP contribution in [0.2, 0.25) is 10.2 Å². The molecular formula is C10H7BrCl2N4. The van der Waals surface area contributed by atoms with Gasteiger partial charge >= 0.3 is 0 Å². The van der Waals surface area contributed by atoms with Crippen molar-refractivity contribution in [3.8, 4) is 0 Å². The van der Waals surface area contributed by atoms with E-state index < -0.39 is 0 Å². The second kappa shape index (κ2) is 5.08. The Morgan fingerprint density at radius 3 is 2.71 bits per heavy atom. The lowest BCUT2D eigenvalue weighted by atomic mass is 10.3. The topological polar surface area (TPSA) is 63.8 Å². The number of aromatic nitrogens is 2. The third-order valence-corrected chi connectivity index (χ3v) is 3.55. The van der Waals surface area contributed by atoms with Crippen molar-refractivity contribution in [2.75, 3.05) is 11.1 Å². The van der Waals surface area contributed by atoms with Crippen molar-refractivity contribution in [3.05, 3.63) is 39.2 Å². The van der Waals surface area contributed by atoms with Gasteiger partial charge in [0.15, 0.2) is 11.0 Å². The summed E-state index contributed by atoms with van der Waals surface area (Å²) in [7, 11) is 0. The van der Waals surface area contributed by atoms with Crippen molar-refractivity contribution < 1.29 is 0 Å². The van der Waals surface area contributed by atoms with Crippen LogP contribution in [0.25, 0.3) is 0 Å². The molecule has 0 radical (unpaired) electrons. The van der Waals surface area contributed by atoms with E-state index in [9.17, 15) is 0 Å². The van der Waals surface area contributed by atoms with Crippen molar-refractivity contribution in [2.45, 2.75) is 0 Å². The molecule has 0 aliphatic heterocycles. The minimum Gasteiger partial charge on any atom is -0.393 e. The van der Waals surface area contributed by atoms with Gasteiger partial charge in [-0.1, -0.05) is 23.2 Å². The lowest BCUT2D eigenvalue weighted by Gasteiger charge is -2.09. The molecule has 0 aliphatic carbocycles. The fraction of sp³-hybridized carbons (Fsp3) is 0. The first-order valence-electron chi connectivity index (χ1n) is 4.56. The molecule has 2 rings (SSSR count). The number of hydrogen-bond donors (Lipinski definition) is 2. The zero-order chi connectivity index (χ0) is 12.4. The zero-order valence-corrected chi connectivity index (χ0v) is 11.5. The highest BCUT2D eigenvalue weighted by atomic mass is 79.9. The van der Waals surface area contributed by atoms with Crippen molar-refractivity contribution >= 4 is 56.3 Å². The number of rotatable bonds is 2. The molecule has 3 N–H and O–H groups in total. The Balaban J connectivity index is 2.31. The van der Waals surface area contributed by atoms with Gasteiger partial charge in [-0.05, 0) is 34.1 Å². The Kier molecular flexibility index (Phi) is 3.71. The molecule has 0 saturated carbocycles. The maximum absolute atomic E-state index is 5.97. The van der Waals surface area contributed by atoms with Gasteiger partial charge in [0, 0.05) is 10.2 Å². The zero-order valence-electron chi connectivity index (χ0n) is 8.42. The van der Waals surface area contributed by atoms with Gasteiger partial charge in [-0.2, -0.15) is 0 Å². The van der Waals surface area contributed by atoms with Crippen LogP contribution in [0.3, 0.4) is 0 Å². The molecule has 1 heterocycles. The maximum Gasteiger partial charge on any atom is 0.158 e. The van der Waals surface area contributed by atoms with Crippen LogP contribution in [0.4, 0.5) is 17.2 Å². The summed E-state index contributed by atoms with van der Waals surface area (Å²) in [4.78, 5) is 7.77. The molecule has 0 amide bonds. The molecule has 0 aliphatic rings. The molecule has 0 spiro atoms. The fourth-order valence-electron chi connectivity index (χ4n) is 1.18. The molecule has 4 nitrogen and oxygen atoms in total. The fourth-order valence-corrected chi connectivity index (χ4v) is 1.74. The summed E-state index contributed by atoms with van der Waals surface area (Å²) in [6, 6.07) is 5.41. The Morgan fingerprint density at radius 2 is 2.00 bits per heavy atom. The van der Waals surface area contributed by atoms with E-state index in [1.807, 2.05) is 12.1 Å². The van der Waals surface area contributed by atoms with Crippen molar-refractivity contribution in [2.24, 2.45) is 0 Å². The predicted octanol–water partition coefficient (Wildman–Crippen LogP) is 3.87. The van der Waals surface area contributed by atoms with Gasteiger partial charge in [0.2, 0.25) is 0 Å². The number of anilines is 3. The van der Waals surface area contributed by atoms with E-state index in [2.05, 4.69) is 31.2 Å². The van der Waals surface area contributed by atoms with Crippen LogP contribution in [-0.4, -0.2) is 9.97 Å². The van der Waals surface area contributed by atoms with Crippen LogP contribution < -0.4 is 11.1 Å². The smallest absolute Gasteiger partial charge is 0.158 e. The van der Waals surface area contributed by atoms with Gasteiger partial charge in [0.25, 0.3) is 0 Å². The second-order valence-corrected chi connectivity index (χ2v) is 4.80. The average Bonchev–Trinajstić information content (AvgIpc) is 2.30. The first-order chi connectivity index (χ1) is 8.08. The van der Waals surface area contributed by atoms with Crippen LogP contribution in [-0.2, 0) is 0 Å². The highest BCUT2D eigenvalue weighted by Crippen LogP contribution is 2.29. The molecular weight excluding hydrogens is 327 g/mol. The van der Waals surface area contributed by atoms with Gasteiger partial charge in [-0.3, -0.25) is 0 Å². The standard InChI is InChI=1S/C10H7BrCl2N4/c11-6-2-1-5(3-7(6)12)17-10-8(14)9(13)15-4-16-10/h1-4H,14H2,(H,15,16,17). The highest BCUT2D eigenvalue weighted by molar-refractivity contribution is 9.10. The highest BCUT2D eigenvalue weighted by Gasteiger charge is 2.07. The van der Waals surface area contributed by atoms with E-state index >= 15 is 0 Å². The lowest BCUT2D eigenvalue weighted by molar-refractivity contribution is 1.17. The maximum atomic E-state index is 5.97. The molecule has 1 aromatic heterocycles. The third-order valence-electron chi connectivity index (χ3n) is 2.02. The van der Waals surface area contributed by atoms with Gasteiger partial charge in [-0.25, -0.2) is 9.97 Å². The van der Waals surface area contributed by atoms with E-state index in [0.717, 1.165) is 10.2 Å². The lowest BCUT2D eigenvalue weighted by Crippen LogP contribution is -2.00. The molecule has 2 aromatic rings. The first kappa shape index (κ1) is 12.4. The number of halogens is 3. The molecule has 1 aromatic carbocycles. The van der Waals surface area contributed by atoms with Crippen LogP contribution in [0.15, 0.2) is 29.0 Å². The van der Waals surface area contributed by atoms with Crippen molar-refractivity contribution in [1.82, 2.24) is 9.97 Å². The summed E-state index contributed by atoms with van der Waals surface area (Å²) in [5, 5.41) is 3.82. The molecule has 17 heavy (non-hydrogen) atoms. The average molecular weight is 334 g/mol. The van der Waals surface area contributed by atoms with Crippen molar-refractivity contribution in [1.29, 1.82) is 0 Å². The normalized spacial score (nSPS) is 10.3. The predicted molar refractivity (Wildman–Crippen MR) is 73.9 cm³/mol. The summed E-state index contributed by atoms with van der Waals surface area (Å²) < 4.78 is 0.818. The van der Waals surface area contributed by atoms with E-state index in [0.29, 0.717) is 16.5 Å². The number of nitrogen functional groups attached to an aromatic ring is 1. The van der Waals surface area contributed by atoms with Gasteiger partial charge < -0.3 is 11.1 Å². The quantitative estimate of drug-likeness (QED) is 0.819. The SMILES string of the molecule is Nc1c(Cl)ncnc1Nc1ccc(Br)c(Cl)c1. The largest absolute Gasteiger partial charge is 0.393 e. The second-order valence-electron chi connectivity index (χ2n) is 3.18. The van der Waals surface area contributed by atoms with E-state index in [1.54, 1.807) is 6.07 Å². The molecule has 0 bridgehead atoms. The summed E-state index contributed by atoms with van der Waals surface area (Å²) in [5.41, 5.74) is 6.80. The minimum absolute atomic E-state index is 0.214. The molecule has 0 fully saturated rings. The Morgan fingerprint density at radius 1 is 1.24 bits per heavy atom. The molecule has 0 unspecified atom stereocenters. The monoisotopic (exact) mass is 332 g/mol. The molecule has 88 valence electrons. The minimum atomic E-state index is 0.214. The number of hydrogen-bond acceptors (Lipinski definition) is 4. The summed E-state index contributed by atoms with van der Waals surface area (Å²) >= 11 is 15.1. The number of nitrogens with one attached hydrogen (secondary N) is 1. The van der Waals surface area contributed by atoms with Crippen molar-refractivity contribution in [3.63, 3.8) is 0 Å². The Labute approximate surface area is 116 Å². The summed E-state index contributed by atoms with van der Waals surface area (Å²) in [5.74, 6) is 0.448. The van der Waals surface area contributed by atoms with Gasteiger partial charge in [0.1, 0.15) is 12.0 Å². The molecule has 7 heteroatoms. The number of benzene rings is 1. The van der Waals surface area contributed by atoms with Gasteiger partial charge in [-0.15, -0.1) is 0 Å². The van der Waals surface area contributed by atoms with Crippen LogP contribution in [0, 0.1) is 0 Å². The number of nitrogens with two attached hydrogens (primary N) is 1. The third kappa shape index (κ3) is 2.80. The Hall–Kier alpha value is -1.04. The summed E-state index contributed by atoms with van der Waals surface area (Å²) in [6.07, 6.45) is 1.33. The van der Waals surface area contributed by atoms with Crippen LogP contribution in [0.1, 0.15) is 0 Å².